The van der Waals surface area contributed by atoms with Gasteiger partial charge < -0.3 is 19.7 Å². The predicted molar refractivity (Wildman–Crippen MR) is 83.1 cm³/mol. The Balaban J connectivity index is 2.44. The molecule has 23 heavy (non-hydrogen) atoms. The van der Waals surface area contributed by atoms with E-state index in [4.69, 9.17) is 9.52 Å². The van der Waals surface area contributed by atoms with E-state index in [1.807, 2.05) is 6.92 Å². The Hall–Kier alpha value is -2.34. The van der Waals surface area contributed by atoms with Crippen LogP contribution in [0, 0.1) is 0 Å². The molecule has 0 fully saturated rings. The average Bonchev–Trinajstić information content (AvgIpc) is 2.50. The Labute approximate surface area is 132 Å². The van der Waals surface area contributed by atoms with Crippen molar-refractivity contribution in [3.05, 3.63) is 38.7 Å². The molecule has 3 rings (SSSR count). The minimum atomic E-state index is -1.33. The van der Waals surface area contributed by atoms with Gasteiger partial charge in [-0.3, -0.25) is 4.79 Å². The highest BCUT2D eigenvalue weighted by Crippen LogP contribution is 2.39. The first-order valence-corrected chi connectivity index (χ1v) is 7.68. The van der Waals surface area contributed by atoms with Crippen LogP contribution in [-0.4, -0.2) is 27.4 Å². The standard InChI is InChI=1S/C17H18O6/c1-2-3-10-11-6-8(18)4-5-9(11)15(20)14-12(19)7-13(17(21)22)23-16(10)14/h7-8,18,20H,2-6H2,1H3,(H,21,22). The highest BCUT2D eigenvalue weighted by molar-refractivity contribution is 5.92. The smallest absolute Gasteiger partial charge is 0.371 e. The molecule has 0 aliphatic heterocycles. The quantitative estimate of drug-likeness (QED) is 0.799. The maximum atomic E-state index is 12.3. The number of aryl methyl sites for hydroxylation is 1. The van der Waals surface area contributed by atoms with Gasteiger partial charge in [-0.25, -0.2) is 4.79 Å². The lowest BCUT2D eigenvalue weighted by Crippen LogP contribution is -2.21. The van der Waals surface area contributed by atoms with Crippen molar-refractivity contribution in [2.24, 2.45) is 0 Å². The molecule has 6 nitrogen and oxygen atoms in total. The molecule has 6 heteroatoms. The number of hydrogen-bond acceptors (Lipinski definition) is 5. The molecule has 2 aromatic rings. The van der Waals surface area contributed by atoms with Crippen molar-refractivity contribution in [2.75, 3.05) is 0 Å². The Kier molecular flexibility index (Phi) is 3.85. The third-order valence-electron chi connectivity index (χ3n) is 4.35. The first-order chi connectivity index (χ1) is 10.9. The summed E-state index contributed by atoms with van der Waals surface area (Å²) in [6.45, 7) is 1.96. The molecule has 1 aliphatic rings. The van der Waals surface area contributed by atoms with Crippen LogP contribution in [0.4, 0.5) is 0 Å². The molecule has 3 N–H and O–H groups in total. The first-order valence-electron chi connectivity index (χ1n) is 7.68. The number of carbonyl (C=O) groups is 1. The van der Waals surface area contributed by atoms with Crippen molar-refractivity contribution in [3.8, 4) is 5.75 Å². The maximum Gasteiger partial charge on any atom is 0.371 e. The number of hydrogen-bond donors (Lipinski definition) is 3. The van der Waals surface area contributed by atoms with Crippen molar-refractivity contribution in [1.29, 1.82) is 0 Å². The normalized spacial score (nSPS) is 17.2. The molecule has 1 heterocycles. The maximum absolute atomic E-state index is 12.3. The summed E-state index contributed by atoms with van der Waals surface area (Å²) in [7, 11) is 0. The molecule has 0 saturated carbocycles. The third kappa shape index (κ3) is 2.49. The Morgan fingerprint density at radius 3 is 2.78 bits per heavy atom. The van der Waals surface area contributed by atoms with Crippen LogP contribution in [0.1, 0.15) is 47.0 Å². The van der Waals surface area contributed by atoms with E-state index in [-0.39, 0.29) is 16.7 Å². The second-order valence-electron chi connectivity index (χ2n) is 5.92. The van der Waals surface area contributed by atoms with Crippen LogP contribution in [0.2, 0.25) is 0 Å². The van der Waals surface area contributed by atoms with Gasteiger partial charge in [0, 0.05) is 6.07 Å². The van der Waals surface area contributed by atoms with Gasteiger partial charge in [-0.1, -0.05) is 13.3 Å². The number of aromatic carboxylic acids is 1. The number of aromatic hydroxyl groups is 1. The van der Waals surface area contributed by atoms with Crippen LogP contribution in [0.25, 0.3) is 11.0 Å². The van der Waals surface area contributed by atoms with Gasteiger partial charge in [-0.05, 0) is 42.4 Å². The fraction of sp³-hybridized carbons (Fsp3) is 0.412. The van der Waals surface area contributed by atoms with Crippen LogP contribution in [0.15, 0.2) is 15.3 Å². The van der Waals surface area contributed by atoms with Gasteiger partial charge in [-0.2, -0.15) is 0 Å². The van der Waals surface area contributed by atoms with Gasteiger partial charge in [0.15, 0.2) is 5.43 Å². The largest absolute Gasteiger partial charge is 0.507 e. The molecule has 0 spiro atoms. The van der Waals surface area contributed by atoms with Crippen molar-refractivity contribution in [1.82, 2.24) is 0 Å². The zero-order valence-corrected chi connectivity index (χ0v) is 12.8. The van der Waals surface area contributed by atoms with E-state index >= 15 is 0 Å². The van der Waals surface area contributed by atoms with Gasteiger partial charge >= 0.3 is 5.97 Å². The van der Waals surface area contributed by atoms with Crippen LogP contribution >= 0.6 is 0 Å². The van der Waals surface area contributed by atoms with E-state index in [1.54, 1.807) is 0 Å². The lowest BCUT2D eigenvalue weighted by Gasteiger charge is -2.25. The number of phenolic OH excluding ortho intramolecular Hbond substituents is 1. The summed E-state index contributed by atoms with van der Waals surface area (Å²) in [6, 6.07) is 0.893. The molecule has 0 radical (unpaired) electrons. The highest BCUT2D eigenvalue weighted by Gasteiger charge is 2.28. The summed E-state index contributed by atoms with van der Waals surface area (Å²) < 4.78 is 5.43. The molecular formula is C17H18O6. The topological polar surface area (TPSA) is 108 Å². The van der Waals surface area contributed by atoms with Gasteiger partial charge in [0.05, 0.1) is 6.10 Å². The van der Waals surface area contributed by atoms with Crippen molar-refractivity contribution < 1.29 is 24.5 Å². The molecule has 122 valence electrons. The number of phenols is 1. The van der Waals surface area contributed by atoms with Crippen LogP contribution in [-0.2, 0) is 19.3 Å². The highest BCUT2D eigenvalue weighted by atomic mass is 16.4. The fourth-order valence-electron chi connectivity index (χ4n) is 3.33. The minimum Gasteiger partial charge on any atom is -0.507 e. The van der Waals surface area contributed by atoms with E-state index in [0.29, 0.717) is 36.8 Å². The minimum absolute atomic E-state index is 0.0357. The van der Waals surface area contributed by atoms with E-state index in [0.717, 1.165) is 18.1 Å². The summed E-state index contributed by atoms with van der Waals surface area (Å²) in [4.78, 5) is 23.5. The molecule has 1 atom stereocenters. The van der Waals surface area contributed by atoms with Crippen molar-refractivity contribution in [3.63, 3.8) is 0 Å². The van der Waals surface area contributed by atoms with Gasteiger partial charge in [0.2, 0.25) is 5.76 Å². The Morgan fingerprint density at radius 2 is 2.13 bits per heavy atom. The van der Waals surface area contributed by atoms with Gasteiger partial charge in [0.25, 0.3) is 0 Å². The number of carboxylic acid groups (broad SMARTS) is 1. The van der Waals surface area contributed by atoms with Gasteiger partial charge in [0.1, 0.15) is 16.7 Å². The van der Waals surface area contributed by atoms with Crippen LogP contribution in [0.3, 0.4) is 0 Å². The number of aliphatic hydroxyl groups is 1. The van der Waals surface area contributed by atoms with E-state index in [1.165, 1.54) is 0 Å². The molecule has 0 saturated heterocycles. The average molecular weight is 318 g/mol. The zero-order chi connectivity index (χ0) is 16.7. The molecule has 0 bridgehead atoms. The summed E-state index contributed by atoms with van der Waals surface area (Å²) in [6.07, 6.45) is 2.21. The lowest BCUT2D eigenvalue weighted by atomic mass is 9.83. The lowest BCUT2D eigenvalue weighted by molar-refractivity contribution is 0.0662. The molecular weight excluding hydrogens is 300 g/mol. The molecule has 1 aromatic heterocycles. The zero-order valence-electron chi connectivity index (χ0n) is 12.8. The summed E-state index contributed by atoms with van der Waals surface area (Å²) in [5.41, 5.74) is 1.73. The molecule has 1 aliphatic carbocycles. The van der Waals surface area contributed by atoms with Crippen LogP contribution in [0.5, 0.6) is 5.75 Å². The van der Waals surface area contributed by atoms with Gasteiger partial charge in [-0.15, -0.1) is 0 Å². The van der Waals surface area contributed by atoms with E-state index in [9.17, 15) is 19.8 Å². The number of aliphatic hydroxyl groups excluding tert-OH is 1. The van der Waals surface area contributed by atoms with Crippen molar-refractivity contribution in [2.45, 2.75) is 45.1 Å². The molecule has 1 aromatic carbocycles. The second kappa shape index (κ2) is 5.70. The molecule has 1 unspecified atom stereocenters. The van der Waals surface area contributed by atoms with E-state index < -0.39 is 23.3 Å². The number of rotatable bonds is 3. The number of benzene rings is 1. The monoisotopic (exact) mass is 318 g/mol. The summed E-state index contributed by atoms with van der Waals surface area (Å²) in [5.74, 6) is -1.92. The first kappa shape index (κ1) is 15.6. The molecule has 0 amide bonds. The van der Waals surface area contributed by atoms with Crippen LogP contribution < -0.4 is 5.43 Å². The second-order valence-corrected chi connectivity index (χ2v) is 5.92. The Bertz CT molecular complexity index is 849. The number of fused-ring (bicyclic) bond motifs is 2. The summed E-state index contributed by atoms with van der Waals surface area (Å²) >= 11 is 0. The van der Waals surface area contributed by atoms with Crippen molar-refractivity contribution >= 4 is 16.9 Å². The number of carboxylic acids is 1. The fourth-order valence-corrected chi connectivity index (χ4v) is 3.33. The SMILES string of the molecule is CCCc1c2c(c(O)c3c(=O)cc(C(=O)O)oc13)CCC(O)C2. The van der Waals surface area contributed by atoms with E-state index in [2.05, 4.69) is 0 Å². The summed E-state index contributed by atoms with van der Waals surface area (Å²) in [5, 5.41) is 29.6. The third-order valence-corrected chi connectivity index (χ3v) is 4.35. The Morgan fingerprint density at radius 1 is 1.39 bits per heavy atom. The predicted octanol–water partition coefficient (Wildman–Crippen LogP) is 2.00.